The summed E-state index contributed by atoms with van der Waals surface area (Å²) in [6, 6.07) is 13.0. The molecule has 0 fully saturated rings. The van der Waals surface area contributed by atoms with Gasteiger partial charge in [-0.25, -0.2) is 4.98 Å². The summed E-state index contributed by atoms with van der Waals surface area (Å²) in [5.41, 5.74) is 1.37. The summed E-state index contributed by atoms with van der Waals surface area (Å²) < 4.78 is 7.70. The average Bonchev–Trinajstić information content (AvgIpc) is 2.68. The van der Waals surface area contributed by atoms with E-state index in [1.807, 2.05) is 43.3 Å². The van der Waals surface area contributed by atoms with E-state index in [2.05, 4.69) is 32.6 Å². The Hall–Kier alpha value is -2.73. The number of hydrogen-bond acceptors (Lipinski definition) is 4. The summed E-state index contributed by atoms with van der Waals surface area (Å²) in [6.07, 6.45) is 4.90. The van der Waals surface area contributed by atoms with E-state index in [9.17, 15) is 4.79 Å². The van der Waals surface area contributed by atoms with Crippen LogP contribution in [-0.4, -0.2) is 22.5 Å². The zero-order valence-electron chi connectivity index (χ0n) is 15.1. The van der Waals surface area contributed by atoms with Crippen LogP contribution in [0.2, 0.25) is 0 Å². The molecule has 5 nitrogen and oxygen atoms in total. The standard InChI is InChI=1S/C21H20BrN3O2/c1-3-5-20-24-19-11-8-16(22)13-18(19)21(26)25(20)23-14-15-6-9-17(10-7-15)27-12-4-2/h4,6-11,13-14H,2-3,5,12H2,1H3. The van der Waals surface area contributed by atoms with Crippen LogP contribution < -0.4 is 10.3 Å². The quantitative estimate of drug-likeness (QED) is 0.411. The van der Waals surface area contributed by atoms with Gasteiger partial charge in [-0.05, 0) is 54.4 Å². The molecule has 0 bridgehead atoms. The topological polar surface area (TPSA) is 56.5 Å². The number of halogens is 1. The molecule has 1 aromatic heterocycles. The van der Waals surface area contributed by atoms with Crippen molar-refractivity contribution < 1.29 is 4.74 Å². The van der Waals surface area contributed by atoms with Crippen LogP contribution in [0.3, 0.4) is 0 Å². The first kappa shape index (κ1) is 19.0. The Kier molecular flexibility index (Phi) is 6.19. The molecule has 27 heavy (non-hydrogen) atoms. The molecule has 3 aromatic rings. The number of benzene rings is 2. The molecule has 0 aliphatic rings. The van der Waals surface area contributed by atoms with Crippen LogP contribution in [0.5, 0.6) is 5.75 Å². The van der Waals surface area contributed by atoms with Crippen LogP contribution in [0.25, 0.3) is 10.9 Å². The Bertz CT molecular complexity index is 1040. The highest BCUT2D eigenvalue weighted by Crippen LogP contribution is 2.16. The van der Waals surface area contributed by atoms with Gasteiger partial charge in [-0.2, -0.15) is 9.78 Å². The van der Waals surface area contributed by atoms with Crippen molar-refractivity contribution in [2.45, 2.75) is 19.8 Å². The molecule has 0 unspecified atom stereocenters. The van der Waals surface area contributed by atoms with Crippen molar-refractivity contribution in [3.05, 3.63) is 81.3 Å². The minimum Gasteiger partial charge on any atom is -0.490 e. The summed E-state index contributed by atoms with van der Waals surface area (Å²) >= 11 is 3.41. The number of nitrogens with zero attached hydrogens (tertiary/aromatic N) is 3. The van der Waals surface area contributed by atoms with Crippen LogP contribution in [0, 0.1) is 0 Å². The number of aryl methyl sites for hydroxylation is 1. The lowest BCUT2D eigenvalue weighted by atomic mass is 10.2. The average molecular weight is 426 g/mol. The molecule has 0 spiro atoms. The van der Waals surface area contributed by atoms with Crippen molar-refractivity contribution in [2.75, 3.05) is 6.61 Å². The Morgan fingerprint density at radius 2 is 2.04 bits per heavy atom. The highest BCUT2D eigenvalue weighted by atomic mass is 79.9. The zero-order chi connectivity index (χ0) is 19.2. The largest absolute Gasteiger partial charge is 0.490 e. The van der Waals surface area contributed by atoms with Gasteiger partial charge in [-0.15, -0.1) is 0 Å². The first-order chi connectivity index (χ1) is 13.1. The molecule has 0 N–H and O–H groups in total. The first-order valence-corrected chi connectivity index (χ1v) is 9.51. The Morgan fingerprint density at radius 3 is 2.74 bits per heavy atom. The van der Waals surface area contributed by atoms with E-state index in [1.54, 1.807) is 18.4 Å². The third kappa shape index (κ3) is 4.52. The second kappa shape index (κ2) is 8.77. The Balaban J connectivity index is 1.98. The van der Waals surface area contributed by atoms with Crippen LogP contribution in [0.1, 0.15) is 24.7 Å². The van der Waals surface area contributed by atoms with Crippen LogP contribution in [0.15, 0.2) is 69.5 Å². The van der Waals surface area contributed by atoms with Gasteiger partial charge in [0, 0.05) is 10.9 Å². The van der Waals surface area contributed by atoms with E-state index in [1.165, 1.54) is 4.68 Å². The molecular weight excluding hydrogens is 406 g/mol. The van der Waals surface area contributed by atoms with Gasteiger partial charge in [0.25, 0.3) is 5.56 Å². The molecule has 0 atom stereocenters. The van der Waals surface area contributed by atoms with Gasteiger partial charge >= 0.3 is 0 Å². The van der Waals surface area contributed by atoms with Gasteiger partial charge in [0.05, 0.1) is 17.1 Å². The maximum atomic E-state index is 12.9. The molecular formula is C21H20BrN3O2. The molecule has 0 aliphatic heterocycles. The van der Waals surface area contributed by atoms with Gasteiger partial charge in [-0.1, -0.05) is 35.5 Å². The lowest BCUT2D eigenvalue weighted by Crippen LogP contribution is -2.22. The highest BCUT2D eigenvalue weighted by molar-refractivity contribution is 9.10. The van der Waals surface area contributed by atoms with Crippen molar-refractivity contribution in [3.63, 3.8) is 0 Å². The van der Waals surface area contributed by atoms with Crippen molar-refractivity contribution in [3.8, 4) is 5.75 Å². The van der Waals surface area contributed by atoms with Crippen molar-refractivity contribution in [1.82, 2.24) is 9.66 Å². The predicted molar refractivity (Wildman–Crippen MR) is 113 cm³/mol. The molecule has 1 heterocycles. The molecule has 0 saturated carbocycles. The van der Waals surface area contributed by atoms with E-state index in [-0.39, 0.29) is 5.56 Å². The highest BCUT2D eigenvalue weighted by Gasteiger charge is 2.10. The SMILES string of the molecule is C=CCOc1ccc(C=Nn2c(CCC)nc3ccc(Br)cc3c2=O)cc1. The molecule has 6 heteroatoms. The predicted octanol–water partition coefficient (Wildman–Crippen LogP) is 4.56. The molecule has 138 valence electrons. The Labute approximate surface area is 166 Å². The number of rotatable bonds is 7. The van der Waals surface area contributed by atoms with E-state index in [4.69, 9.17) is 4.74 Å². The monoisotopic (exact) mass is 425 g/mol. The molecule has 0 radical (unpaired) electrons. The van der Waals surface area contributed by atoms with Gasteiger partial charge < -0.3 is 4.74 Å². The fraction of sp³-hybridized carbons (Fsp3) is 0.190. The first-order valence-electron chi connectivity index (χ1n) is 8.71. The number of hydrogen-bond donors (Lipinski definition) is 0. The van der Waals surface area contributed by atoms with E-state index < -0.39 is 0 Å². The minimum absolute atomic E-state index is 0.174. The smallest absolute Gasteiger partial charge is 0.282 e. The third-order valence-electron chi connectivity index (χ3n) is 3.92. The Morgan fingerprint density at radius 1 is 1.26 bits per heavy atom. The lowest BCUT2D eigenvalue weighted by Gasteiger charge is -2.08. The maximum Gasteiger partial charge on any atom is 0.282 e. The van der Waals surface area contributed by atoms with Gasteiger partial charge in [0.2, 0.25) is 0 Å². The molecule has 2 aromatic carbocycles. The summed E-state index contributed by atoms with van der Waals surface area (Å²) in [4.78, 5) is 17.6. The summed E-state index contributed by atoms with van der Waals surface area (Å²) in [7, 11) is 0. The fourth-order valence-corrected chi connectivity index (χ4v) is 2.99. The number of fused-ring (bicyclic) bond motifs is 1. The lowest BCUT2D eigenvalue weighted by molar-refractivity contribution is 0.363. The zero-order valence-corrected chi connectivity index (χ0v) is 16.6. The van der Waals surface area contributed by atoms with Crippen LogP contribution in [0.4, 0.5) is 0 Å². The van der Waals surface area contributed by atoms with Gasteiger partial charge in [-0.3, -0.25) is 4.79 Å². The molecule has 0 aliphatic carbocycles. The number of ether oxygens (including phenoxy) is 1. The van der Waals surface area contributed by atoms with E-state index in [0.29, 0.717) is 29.8 Å². The molecule has 0 saturated heterocycles. The molecule has 3 rings (SSSR count). The molecule has 0 amide bonds. The van der Waals surface area contributed by atoms with Crippen molar-refractivity contribution >= 4 is 33.0 Å². The normalized spacial score (nSPS) is 11.2. The van der Waals surface area contributed by atoms with Gasteiger partial charge in [0.1, 0.15) is 18.2 Å². The second-order valence-corrected chi connectivity index (χ2v) is 6.89. The van der Waals surface area contributed by atoms with E-state index >= 15 is 0 Å². The van der Waals surface area contributed by atoms with Crippen molar-refractivity contribution in [1.29, 1.82) is 0 Å². The fourth-order valence-electron chi connectivity index (χ4n) is 2.63. The summed E-state index contributed by atoms with van der Waals surface area (Å²) in [5, 5.41) is 4.95. The summed E-state index contributed by atoms with van der Waals surface area (Å²) in [5.74, 6) is 1.41. The van der Waals surface area contributed by atoms with E-state index in [0.717, 1.165) is 22.2 Å². The maximum absolute atomic E-state index is 12.9. The van der Waals surface area contributed by atoms with Gasteiger partial charge in [0.15, 0.2) is 0 Å². The second-order valence-electron chi connectivity index (χ2n) is 5.97. The van der Waals surface area contributed by atoms with Crippen molar-refractivity contribution in [2.24, 2.45) is 5.10 Å². The minimum atomic E-state index is -0.174. The summed E-state index contributed by atoms with van der Waals surface area (Å²) in [6.45, 7) is 6.14. The number of aromatic nitrogens is 2. The van der Waals surface area contributed by atoms with Crippen LogP contribution in [-0.2, 0) is 6.42 Å². The van der Waals surface area contributed by atoms with Crippen LogP contribution >= 0.6 is 15.9 Å². The third-order valence-corrected chi connectivity index (χ3v) is 4.41.